The molecule has 68 valence electrons. The van der Waals surface area contributed by atoms with Gasteiger partial charge in [0.15, 0.2) is 0 Å². The van der Waals surface area contributed by atoms with E-state index < -0.39 is 0 Å². The van der Waals surface area contributed by atoms with Crippen molar-refractivity contribution in [1.82, 2.24) is 0 Å². The summed E-state index contributed by atoms with van der Waals surface area (Å²) < 4.78 is 10.0. The lowest BCUT2D eigenvalue weighted by Gasteiger charge is -2.07. The third-order valence-electron chi connectivity index (χ3n) is 2.50. The smallest absolute Gasteiger partial charge is 0.309 e. The van der Waals surface area contributed by atoms with E-state index in [9.17, 15) is 4.79 Å². The van der Waals surface area contributed by atoms with Gasteiger partial charge in [-0.2, -0.15) is 0 Å². The molecule has 0 aromatic carbocycles. The number of carbonyl (C=O) groups excluding carboxylic acids is 1. The number of hydrogen-bond donors (Lipinski definition) is 0. The van der Waals surface area contributed by atoms with Gasteiger partial charge in [-0.1, -0.05) is 12.8 Å². The van der Waals surface area contributed by atoms with Crippen molar-refractivity contribution in [2.75, 3.05) is 13.2 Å². The van der Waals surface area contributed by atoms with Gasteiger partial charge < -0.3 is 9.47 Å². The molecule has 1 unspecified atom stereocenters. The first kappa shape index (κ1) is 8.05. The molecule has 3 heteroatoms. The first-order valence-corrected chi connectivity index (χ1v) is 4.64. The van der Waals surface area contributed by atoms with Gasteiger partial charge >= 0.3 is 5.97 Å². The van der Waals surface area contributed by atoms with Gasteiger partial charge in [-0.3, -0.25) is 4.79 Å². The highest BCUT2D eigenvalue weighted by molar-refractivity contribution is 5.72. The third kappa shape index (κ3) is 1.97. The fraction of sp³-hybridized carbons (Fsp3) is 0.889. The van der Waals surface area contributed by atoms with E-state index in [1.165, 1.54) is 12.8 Å². The molecule has 0 radical (unpaired) electrons. The van der Waals surface area contributed by atoms with Crippen LogP contribution in [0.5, 0.6) is 0 Å². The summed E-state index contributed by atoms with van der Waals surface area (Å²) >= 11 is 0. The number of epoxide rings is 1. The second-order valence-electron chi connectivity index (χ2n) is 3.57. The Labute approximate surface area is 72.0 Å². The summed E-state index contributed by atoms with van der Waals surface area (Å²) in [6, 6.07) is 0. The Bertz CT molecular complexity index is 169. The fourth-order valence-electron chi connectivity index (χ4n) is 1.62. The molecule has 1 saturated heterocycles. The Morgan fingerprint density at radius 2 is 2.08 bits per heavy atom. The first-order valence-electron chi connectivity index (χ1n) is 4.64. The minimum Gasteiger partial charge on any atom is -0.463 e. The average molecular weight is 170 g/mol. The van der Waals surface area contributed by atoms with Crippen molar-refractivity contribution in [2.24, 2.45) is 5.92 Å². The number of hydrogen-bond acceptors (Lipinski definition) is 3. The molecular formula is C9H14O3. The minimum atomic E-state index is -0.0111. The van der Waals surface area contributed by atoms with Crippen LogP contribution < -0.4 is 0 Å². The van der Waals surface area contributed by atoms with Crippen LogP contribution in [0.15, 0.2) is 0 Å². The van der Waals surface area contributed by atoms with Crippen LogP contribution in [0, 0.1) is 5.92 Å². The topological polar surface area (TPSA) is 38.8 Å². The zero-order valence-corrected chi connectivity index (χ0v) is 7.12. The summed E-state index contributed by atoms with van der Waals surface area (Å²) in [4.78, 5) is 11.3. The van der Waals surface area contributed by atoms with E-state index >= 15 is 0 Å². The lowest BCUT2D eigenvalue weighted by molar-refractivity contribution is -0.148. The zero-order valence-electron chi connectivity index (χ0n) is 7.12. The normalized spacial score (nSPS) is 28.8. The maximum atomic E-state index is 11.3. The molecule has 1 heterocycles. The molecule has 1 atom stereocenters. The molecule has 0 bridgehead atoms. The molecule has 0 aromatic rings. The number of esters is 1. The van der Waals surface area contributed by atoms with Crippen LogP contribution in [0.2, 0.25) is 0 Å². The van der Waals surface area contributed by atoms with Gasteiger partial charge in [0.1, 0.15) is 12.7 Å². The molecule has 0 N–H and O–H groups in total. The van der Waals surface area contributed by atoms with Gasteiger partial charge in [0.05, 0.1) is 12.5 Å². The molecule has 0 aromatic heterocycles. The zero-order chi connectivity index (χ0) is 8.39. The summed E-state index contributed by atoms with van der Waals surface area (Å²) in [7, 11) is 0. The van der Waals surface area contributed by atoms with E-state index in [4.69, 9.17) is 9.47 Å². The molecule has 0 amide bonds. The van der Waals surface area contributed by atoms with Crippen LogP contribution in [0.1, 0.15) is 25.7 Å². The van der Waals surface area contributed by atoms with Gasteiger partial charge in [0.2, 0.25) is 0 Å². The van der Waals surface area contributed by atoms with E-state index in [1.54, 1.807) is 0 Å². The summed E-state index contributed by atoms with van der Waals surface area (Å²) in [5.74, 6) is 0.173. The van der Waals surface area contributed by atoms with Crippen LogP contribution in [-0.2, 0) is 14.3 Å². The summed E-state index contributed by atoms with van der Waals surface area (Å²) in [5.41, 5.74) is 0. The highest BCUT2D eigenvalue weighted by atomic mass is 16.6. The van der Waals surface area contributed by atoms with E-state index in [-0.39, 0.29) is 18.0 Å². The van der Waals surface area contributed by atoms with Crippen molar-refractivity contribution in [3.8, 4) is 0 Å². The van der Waals surface area contributed by atoms with Crippen molar-refractivity contribution in [3.05, 3.63) is 0 Å². The molecule has 0 spiro atoms. The maximum absolute atomic E-state index is 11.3. The molecular weight excluding hydrogens is 156 g/mol. The Morgan fingerprint density at radius 1 is 1.42 bits per heavy atom. The first-order chi connectivity index (χ1) is 5.86. The second kappa shape index (κ2) is 3.44. The van der Waals surface area contributed by atoms with Gasteiger partial charge in [-0.25, -0.2) is 0 Å². The molecule has 2 fully saturated rings. The molecule has 12 heavy (non-hydrogen) atoms. The summed E-state index contributed by atoms with van der Waals surface area (Å²) in [6.45, 7) is 1.23. The summed E-state index contributed by atoms with van der Waals surface area (Å²) in [6.07, 6.45) is 4.60. The van der Waals surface area contributed by atoms with E-state index in [2.05, 4.69) is 0 Å². The van der Waals surface area contributed by atoms with E-state index in [0.29, 0.717) is 6.61 Å². The van der Waals surface area contributed by atoms with Crippen LogP contribution in [-0.4, -0.2) is 25.3 Å². The predicted octanol–water partition coefficient (Wildman–Crippen LogP) is 1.12. The van der Waals surface area contributed by atoms with E-state index in [0.717, 1.165) is 19.4 Å². The predicted molar refractivity (Wildman–Crippen MR) is 42.7 cm³/mol. The lowest BCUT2D eigenvalue weighted by Crippen LogP contribution is -2.17. The Kier molecular flexibility index (Phi) is 2.30. The average Bonchev–Trinajstić information content (AvgIpc) is 2.74. The fourth-order valence-corrected chi connectivity index (χ4v) is 1.62. The van der Waals surface area contributed by atoms with Crippen LogP contribution in [0.4, 0.5) is 0 Å². The number of rotatable bonds is 3. The molecule has 2 aliphatic rings. The Balaban J connectivity index is 1.67. The highest BCUT2D eigenvalue weighted by Crippen LogP contribution is 2.26. The number of carbonyl (C=O) groups is 1. The van der Waals surface area contributed by atoms with Crippen molar-refractivity contribution in [1.29, 1.82) is 0 Å². The Hall–Kier alpha value is -0.570. The summed E-state index contributed by atoms with van der Waals surface area (Å²) in [5, 5.41) is 0. The van der Waals surface area contributed by atoms with E-state index in [1.807, 2.05) is 0 Å². The van der Waals surface area contributed by atoms with Crippen LogP contribution >= 0.6 is 0 Å². The maximum Gasteiger partial charge on any atom is 0.309 e. The van der Waals surface area contributed by atoms with Crippen molar-refractivity contribution >= 4 is 5.97 Å². The van der Waals surface area contributed by atoms with Gasteiger partial charge in [-0.15, -0.1) is 0 Å². The number of ether oxygens (including phenoxy) is 2. The molecule has 3 nitrogen and oxygen atoms in total. The van der Waals surface area contributed by atoms with Crippen molar-refractivity contribution < 1.29 is 14.3 Å². The van der Waals surface area contributed by atoms with Crippen LogP contribution in [0.3, 0.4) is 0 Å². The second-order valence-corrected chi connectivity index (χ2v) is 3.57. The standard InChI is InChI=1S/C9H14O3/c10-9(7-3-1-2-4-7)12-6-8-5-11-8/h7-8H,1-6H2. The molecule has 1 aliphatic heterocycles. The SMILES string of the molecule is O=C(OCC1CO1)C1CCCC1. The molecule has 1 saturated carbocycles. The van der Waals surface area contributed by atoms with Crippen molar-refractivity contribution in [3.63, 3.8) is 0 Å². The lowest BCUT2D eigenvalue weighted by atomic mass is 10.1. The minimum absolute atomic E-state index is 0.0111. The third-order valence-corrected chi connectivity index (χ3v) is 2.50. The van der Waals surface area contributed by atoms with Gasteiger partial charge in [-0.05, 0) is 12.8 Å². The monoisotopic (exact) mass is 170 g/mol. The van der Waals surface area contributed by atoms with Crippen molar-refractivity contribution in [2.45, 2.75) is 31.8 Å². The van der Waals surface area contributed by atoms with Gasteiger partial charge in [0, 0.05) is 0 Å². The molecule has 2 rings (SSSR count). The van der Waals surface area contributed by atoms with Gasteiger partial charge in [0.25, 0.3) is 0 Å². The Morgan fingerprint density at radius 3 is 2.67 bits per heavy atom. The van der Waals surface area contributed by atoms with Crippen LogP contribution in [0.25, 0.3) is 0 Å². The highest BCUT2D eigenvalue weighted by Gasteiger charge is 2.28. The largest absolute Gasteiger partial charge is 0.463 e. The molecule has 1 aliphatic carbocycles. The quantitative estimate of drug-likeness (QED) is 0.470.